The topological polar surface area (TPSA) is 36.1 Å². The first-order chi connectivity index (χ1) is 13.1. The van der Waals surface area contributed by atoms with Crippen molar-refractivity contribution in [1.29, 1.82) is 0 Å². The van der Waals surface area contributed by atoms with E-state index >= 15 is 0 Å². The Bertz CT molecular complexity index is 693. The first kappa shape index (κ1) is 31.7. The van der Waals surface area contributed by atoms with Crippen LogP contribution in [0.2, 0.25) is 0 Å². The molecule has 6 heteroatoms. The molecule has 0 aliphatic carbocycles. The zero-order valence-corrected chi connectivity index (χ0v) is 23.1. The van der Waals surface area contributed by atoms with Crippen molar-refractivity contribution in [2.24, 2.45) is 0 Å². The Morgan fingerprint density at radius 3 is 1.57 bits per heavy atom. The van der Waals surface area contributed by atoms with E-state index in [1.54, 1.807) is 0 Å². The van der Waals surface area contributed by atoms with Gasteiger partial charge in [-0.1, -0.05) is 51.1 Å². The quantitative estimate of drug-likeness (QED) is 0.300. The van der Waals surface area contributed by atoms with Gasteiger partial charge in [0.05, 0.1) is 0 Å². The van der Waals surface area contributed by atoms with Crippen molar-refractivity contribution in [3.63, 3.8) is 0 Å². The molecule has 0 aliphatic rings. The molecule has 0 unspecified atom stereocenters. The molecule has 0 fully saturated rings. The molecule has 0 heterocycles. The summed E-state index contributed by atoms with van der Waals surface area (Å²) in [5, 5.41) is 10.8. The van der Waals surface area contributed by atoms with Gasteiger partial charge in [0.15, 0.2) is 0 Å². The second-order valence-electron chi connectivity index (χ2n) is 7.22. The largest absolute Gasteiger partial charge is 2.00 e. The van der Waals surface area contributed by atoms with Gasteiger partial charge in [-0.05, 0) is 60.9 Å². The van der Waals surface area contributed by atoms with E-state index in [1.807, 2.05) is 0 Å². The Morgan fingerprint density at radius 2 is 1.13 bits per heavy atom. The Kier molecular flexibility index (Phi) is 18.0. The van der Waals surface area contributed by atoms with Gasteiger partial charge in [-0.2, -0.15) is 0 Å². The van der Waals surface area contributed by atoms with Gasteiger partial charge in [0.2, 0.25) is 0 Å². The third-order valence-electron chi connectivity index (χ3n) is 5.22. The van der Waals surface area contributed by atoms with Crippen LogP contribution in [0.1, 0.15) is 48.6 Å². The van der Waals surface area contributed by atoms with E-state index in [4.69, 9.17) is 0 Å². The van der Waals surface area contributed by atoms with E-state index in [0.29, 0.717) is 0 Å². The van der Waals surface area contributed by atoms with Crippen molar-refractivity contribution in [3.05, 3.63) is 58.1 Å². The van der Waals surface area contributed by atoms with Crippen LogP contribution >= 0.6 is 0 Å². The normalized spacial score (nSPS) is 9.77. The van der Waals surface area contributed by atoms with Gasteiger partial charge in [-0.25, -0.2) is 0 Å². The second kappa shape index (κ2) is 17.1. The smallest absolute Gasteiger partial charge is 1.00 e. The molecule has 3 nitrogen and oxygen atoms in total. The van der Waals surface area contributed by atoms with E-state index < -0.39 is 0 Å². The Labute approximate surface area is 215 Å². The summed E-state index contributed by atoms with van der Waals surface area (Å²) < 4.78 is 0. The van der Waals surface area contributed by atoms with Crippen molar-refractivity contribution in [2.45, 2.75) is 53.9 Å². The molecule has 0 aromatic heterocycles. The van der Waals surface area contributed by atoms with Crippen LogP contribution in [0.4, 0.5) is 11.4 Å². The molecule has 30 heavy (non-hydrogen) atoms. The third kappa shape index (κ3) is 9.31. The number of halogens is 2. The van der Waals surface area contributed by atoms with Crippen LogP contribution in [0.25, 0.3) is 0 Å². The third-order valence-corrected chi connectivity index (χ3v) is 5.22. The van der Waals surface area contributed by atoms with E-state index in [0.717, 1.165) is 45.4 Å². The predicted octanol–water partition coefficient (Wildman–Crippen LogP) is -0.890. The average Bonchev–Trinajstić information content (AvgIpc) is 2.68. The predicted molar refractivity (Wildman–Crippen MR) is 120 cm³/mol. The summed E-state index contributed by atoms with van der Waals surface area (Å²) in [5.41, 5.74) is 9.59. The number of hydrogen-bond acceptors (Lipinski definition) is 3. The fourth-order valence-electron chi connectivity index (χ4n) is 3.60. The van der Waals surface area contributed by atoms with Crippen LogP contribution < -0.4 is 49.9 Å². The van der Waals surface area contributed by atoms with Gasteiger partial charge in [0.25, 0.3) is 0 Å². The van der Waals surface area contributed by atoms with Crippen LogP contribution in [0.3, 0.4) is 0 Å². The number of anilines is 2. The Balaban J connectivity index is 0. The fourth-order valence-corrected chi connectivity index (χ4v) is 3.60. The number of nitrogens with one attached hydrogen (secondary N) is 3. The zero-order chi connectivity index (χ0) is 19.6. The van der Waals surface area contributed by atoms with Gasteiger partial charge in [-0.15, -0.1) is 0 Å². The van der Waals surface area contributed by atoms with Gasteiger partial charge >= 0.3 is 16.8 Å². The molecule has 3 N–H and O–H groups in total. The molecule has 2 aromatic carbocycles. The van der Waals surface area contributed by atoms with Crippen molar-refractivity contribution < 1.29 is 50.7 Å². The van der Waals surface area contributed by atoms with E-state index in [1.165, 1.54) is 39.2 Å². The van der Waals surface area contributed by atoms with Crippen LogP contribution in [-0.2, 0) is 36.0 Å². The fraction of sp³-hybridized carbons (Fsp3) is 0.500. The molecule has 171 valence electrons. The number of hydrogen-bond donors (Lipinski definition) is 3. The van der Waals surface area contributed by atoms with Crippen LogP contribution in [0.15, 0.2) is 30.3 Å². The summed E-state index contributed by atoms with van der Waals surface area (Å²) >= 11 is 0. The SMILES string of the molecule is CCc1cc(CC)c(NCCNCCNc2c(C)cccc2C)c(CC)c1.[Br-].[Br-].[Co+2]. The number of para-hydroxylation sites is 1. The van der Waals surface area contributed by atoms with E-state index in [9.17, 15) is 0 Å². The monoisotopic (exact) mass is 584 g/mol. The molecular weight excluding hydrogens is 549 g/mol. The van der Waals surface area contributed by atoms with E-state index in [-0.39, 0.29) is 50.7 Å². The van der Waals surface area contributed by atoms with Gasteiger partial charge in [-0.3, -0.25) is 0 Å². The van der Waals surface area contributed by atoms with Crippen LogP contribution in [0.5, 0.6) is 0 Å². The minimum atomic E-state index is 0. The molecule has 0 saturated heterocycles. The summed E-state index contributed by atoms with van der Waals surface area (Å²) in [7, 11) is 0. The van der Waals surface area contributed by atoms with Crippen molar-refractivity contribution in [1.82, 2.24) is 5.32 Å². The van der Waals surface area contributed by atoms with E-state index in [2.05, 4.69) is 80.9 Å². The van der Waals surface area contributed by atoms with Gasteiger partial charge in [0.1, 0.15) is 0 Å². The van der Waals surface area contributed by atoms with Crippen molar-refractivity contribution >= 4 is 11.4 Å². The number of aryl methyl sites for hydroxylation is 5. The maximum atomic E-state index is 3.68. The molecule has 2 aromatic rings. The molecule has 0 atom stereocenters. The molecule has 2 rings (SSSR count). The molecule has 0 spiro atoms. The molecule has 0 bridgehead atoms. The summed E-state index contributed by atoms with van der Waals surface area (Å²) in [4.78, 5) is 0. The average molecular weight is 586 g/mol. The first-order valence-corrected chi connectivity index (χ1v) is 10.5. The number of benzene rings is 2. The Hall–Kier alpha value is -0.534. The second-order valence-corrected chi connectivity index (χ2v) is 7.22. The molecule has 1 radical (unpaired) electrons. The molecule has 0 amide bonds. The standard InChI is InChI=1S/C24H37N3.2BrH.Co/c1-6-20-16-21(7-2)24(22(8-3)17-20)27-15-13-25-12-14-26-23-18(4)10-9-11-19(23)5;;;/h9-11,16-17,25-27H,6-8,12-15H2,1-5H3;2*1H;/q;;;+2/p-2. The van der Waals surface area contributed by atoms with Crippen molar-refractivity contribution in [2.75, 3.05) is 36.8 Å². The molecule has 0 aliphatic heterocycles. The van der Waals surface area contributed by atoms with Crippen LogP contribution in [0, 0.1) is 13.8 Å². The number of rotatable bonds is 11. The summed E-state index contributed by atoms with van der Waals surface area (Å²) in [6, 6.07) is 11.2. The minimum absolute atomic E-state index is 0. The van der Waals surface area contributed by atoms with Gasteiger partial charge in [0, 0.05) is 37.6 Å². The zero-order valence-electron chi connectivity index (χ0n) is 18.9. The maximum Gasteiger partial charge on any atom is 2.00 e. The first-order valence-electron chi connectivity index (χ1n) is 10.5. The molecular formula is C24H37Br2CoN3. The summed E-state index contributed by atoms with van der Waals surface area (Å²) in [5.74, 6) is 0. The van der Waals surface area contributed by atoms with Crippen molar-refractivity contribution in [3.8, 4) is 0 Å². The maximum absolute atomic E-state index is 3.68. The van der Waals surface area contributed by atoms with Gasteiger partial charge < -0.3 is 49.9 Å². The summed E-state index contributed by atoms with van der Waals surface area (Å²) in [6.45, 7) is 14.9. The minimum Gasteiger partial charge on any atom is -1.00 e. The molecule has 0 saturated carbocycles. The Morgan fingerprint density at radius 1 is 0.667 bits per heavy atom. The summed E-state index contributed by atoms with van der Waals surface area (Å²) in [6.07, 6.45) is 3.27. The van der Waals surface area contributed by atoms with Crippen LogP contribution in [-0.4, -0.2) is 26.2 Å².